The van der Waals surface area contributed by atoms with Crippen LogP contribution in [0.1, 0.15) is 47.5 Å². The van der Waals surface area contributed by atoms with E-state index >= 15 is 0 Å². The van der Waals surface area contributed by atoms with Crippen LogP contribution < -0.4 is 0 Å². The molecular weight excluding hydrogens is 224 g/mol. The highest BCUT2D eigenvalue weighted by atomic mass is 16.2. The molecule has 0 bridgehead atoms. The standard InChI is InChI=1S/C15H30N2O/c1-6-7-13(2)14(18)17-10-8-16(9-11-17)12-15(3,4)5/h13H,6-12H2,1-5H3. The molecule has 1 rings (SSSR count). The molecule has 106 valence electrons. The third-order valence-corrected chi connectivity index (χ3v) is 3.53. The minimum atomic E-state index is 0.198. The molecule has 1 aliphatic heterocycles. The molecule has 0 radical (unpaired) electrons. The summed E-state index contributed by atoms with van der Waals surface area (Å²) in [5.74, 6) is 0.552. The number of nitrogens with zero attached hydrogens (tertiary/aromatic N) is 2. The van der Waals surface area contributed by atoms with Gasteiger partial charge in [-0.15, -0.1) is 0 Å². The van der Waals surface area contributed by atoms with Gasteiger partial charge in [-0.1, -0.05) is 41.0 Å². The second kappa shape index (κ2) is 6.55. The molecule has 18 heavy (non-hydrogen) atoms. The zero-order chi connectivity index (χ0) is 13.8. The summed E-state index contributed by atoms with van der Waals surface area (Å²) >= 11 is 0. The highest BCUT2D eigenvalue weighted by Crippen LogP contribution is 2.17. The van der Waals surface area contributed by atoms with Gasteiger partial charge in [-0.2, -0.15) is 0 Å². The van der Waals surface area contributed by atoms with Crippen molar-refractivity contribution in [1.29, 1.82) is 0 Å². The SMILES string of the molecule is CCCC(C)C(=O)N1CCN(CC(C)(C)C)CC1. The van der Waals surface area contributed by atoms with E-state index in [0.29, 0.717) is 11.3 Å². The van der Waals surface area contributed by atoms with Crippen molar-refractivity contribution in [3.8, 4) is 0 Å². The van der Waals surface area contributed by atoms with Crippen molar-refractivity contribution in [3.05, 3.63) is 0 Å². The maximum atomic E-state index is 12.2. The lowest BCUT2D eigenvalue weighted by Gasteiger charge is -2.38. The molecule has 1 amide bonds. The number of rotatable bonds is 4. The minimum Gasteiger partial charge on any atom is -0.340 e. The average molecular weight is 254 g/mol. The van der Waals surface area contributed by atoms with E-state index in [1.54, 1.807) is 0 Å². The highest BCUT2D eigenvalue weighted by Gasteiger charge is 2.26. The molecule has 1 fully saturated rings. The largest absolute Gasteiger partial charge is 0.340 e. The van der Waals surface area contributed by atoms with Gasteiger partial charge in [-0.25, -0.2) is 0 Å². The topological polar surface area (TPSA) is 23.6 Å². The van der Waals surface area contributed by atoms with Crippen LogP contribution in [0, 0.1) is 11.3 Å². The summed E-state index contributed by atoms with van der Waals surface area (Å²) in [6, 6.07) is 0. The van der Waals surface area contributed by atoms with Crippen LogP contribution in [0.4, 0.5) is 0 Å². The Balaban J connectivity index is 2.37. The molecule has 1 unspecified atom stereocenters. The minimum absolute atomic E-state index is 0.198. The molecule has 0 aliphatic carbocycles. The van der Waals surface area contributed by atoms with Crippen molar-refractivity contribution in [3.63, 3.8) is 0 Å². The van der Waals surface area contributed by atoms with Crippen LogP contribution in [0.2, 0.25) is 0 Å². The Bertz CT molecular complexity index is 262. The second-order valence-electron chi connectivity index (χ2n) is 6.85. The zero-order valence-corrected chi connectivity index (χ0v) is 12.8. The van der Waals surface area contributed by atoms with Gasteiger partial charge in [0.05, 0.1) is 0 Å². The van der Waals surface area contributed by atoms with E-state index < -0.39 is 0 Å². The fourth-order valence-corrected chi connectivity index (χ4v) is 2.67. The van der Waals surface area contributed by atoms with Gasteiger partial charge in [0, 0.05) is 38.6 Å². The third kappa shape index (κ3) is 4.97. The lowest BCUT2D eigenvalue weighted by Crippen LogP contribution is -2.51. The summed E-state index contributed by atoms with van der Waals surface area (Å²) in [5, 5.41) is 0. The summed E-state index contributed by atoms with van der Waals surface area (Å²) in [6.45, 7) is 16.0. The van der Waals surface area contributed by atoms with Gasteiger partial charge in [0.1, 0.15) is 0 Å². The number of hydrogen-bond donors (Lipinski definition) is 0. The maximum absolute atomic E-state index is 12.2. The van der Waals surface area contributed by atoms with Gasteiger partial charge in [0.15, 0.2) is 0 Å². The lowest BCUT2D eigenvalue weighted by molar-refractivity contribution is -0.137. The van der Waals surface area contributed by atoms with Crippen molar-refractivity contribution in [2.24, 2.45) is 11.3 Å². The molecule has 1 aliphatic rings. The predicted molar refractivity (Wildman–Crippen MR) is 76.5 cm³/mol. The van der Waals surface area contributed by atoms with Gasteiger partial charge in [-0.05, 0) is 11.8 Å². The zero-order valence-electron chi connectivity index (χ0n) is 12.8. The van der Waals surface area contributed by atoms with Gasteiger partial charge >= 0.3 is 0 Å². The summed E-state index contributed by atoms with van der Waals surface area (Å²) < 4.78 is 0. The molecule has 0 spiro atoms. The summed E-state index contributed by atoms with van der Waals surface area (Å²) in [6.07, 6.45) is 2.11. The van der Waals surface area contributed by atoms with E-state index in [1.807, 2.05) is 0 Å². The average Bonchev–Trinajstić information content (AvgIpc) is 2.27. The van der Waals surface area contributed by atoms with E-state index in [9.17, 15) is 4.79 Å². The molecule has 0 N–H and O–H groups in total. The van der Waals surface area contributed by atoms with Gasteiger partial charge in [-0.3, -0.25) is 9.69 Å². The van der Waals surface area contributed by atoms with Gasteiger partial charge in [0.2, 0.25) is 5.91 Å². The van der Waals surface area contributed by atoms with Crippen molar-refractivity contribution in [2.75, 3.05) is 32.7 Å². The van der Waals surface area contributed by atoms with E-state index in [2.05, 4.69) is 44.4 Å². The van der Waals surface area contributed by atoms with Crippen LogP contribution >= 0.6 is 0 Å². The lowest BCUT2D eigenvalue weighted by atomic mass is 9.95. The Morgan fingerprint density at radius 3 is 2.17 bits per heavy atom. The van der Waals surface area contributed by atoms with Gasteiger partial charge < -0.3 is 4.90 Å². The predicted octanol–water partition coefficient (Wildman–Crippen LogP) is 2.61. The molecule has 0 saturated carbocycles. The smallest absolute Gasteiger partial charge is 0.225 e. The number of carbonyl (C=O) groups excluding carboxylic acids is 1. The highest BCUT2D eigenvalue weighted by molar-refractivity contribution is 5.78. The van der Waals surface area contributed by atoms with Crippen molar-refractivity contribution >= 4 is 5.91 Å². The molecule has 1 saturated heterocycles. The van der Waals surface area contributed by atoms with Crippen LogP contribution in [-0.4, -0.2) is 48.4 Å². The Labute approximate surface area is 113 Å². The summed E-state index contributed by atoms with van der Waals surface area (Å²) in [7, 11) is 0. The normalized spacial score (nSPS) is 19.9. The summed E-state index contributed by atoms with van der Waals surface area (Å²) in [4.78, 5) is 16.7. The van der Waals surface area contributed by atoms with Crippen LogP contribution in [0.15, 0.2) is 0 Å². The molecule has 3 heteroatoms. The van der Waals surface area contributed by atoms with E-state index in [4.69, 9.17) is 0 Å². The molecule has 1 heterocycles. The van der Waals surface area contributed by atoms with Crippen LogP contribution in [0.5, 0.6) is 0 Å². The third-order valence-electron chi connectivity index (χ3n) is 3.53. The van der Waals surface area contributed by atoms with E-state index in [0.717, 1.165) is 45.6 Å². The van der Waals surface area contributed by atoms with Gasteiger partial charge in [0.25, 0.3) is 0 Å². The number of piperazine rings is 1. The maximum Gasteiger partial charge on any atom is 0.225 e. The Morgan fingerprint density at radius 1 is 1.17 bits per heavy atom. The Kier molecular flexibility index (Phi) is 5.64. The molecular formula is C15H30N2O. The van der Waals surface area contributed by atoms with E-state index in [-0.39, 0.29) is 5.92 Å². The van der Waals surface area contributed by atoms with Crippen molar-refractivity contribution in [2.45, 2.75) is 47.5 Å². The van der Waals surface area contributed by atoms with Crippen molar-refractivity contribution < 1.29 is 4.79 Å². The Morgan fingerprint density at radius 2 is 1.72 bits per heavy atom. The molecule has 0 aromatic heterocycles. The Hall–Kier alpha value is -0.570. The molecule has 0 aromatic carbocycles. The first-order valence-corrected chi connectivity index (χ1v) is 7.34. The second-order valence-corrected chi connectivity index (χ2v) is 6.85. The van der Waals surface area contributed by atoms with Crippen LogP contribution in [0.25, 0.3) is 0 Å². The fraction of sp³-hybridized carbons (Fsp3) is 0.933. The fourth-order valence-electron chi connectivity index (χ4n) is 2.67. The first-order valence-electron chi connectivity index (χ1n) is 7.34. The molecule has 3 nitrogen and oxygen atoms in total. The van der Waals surface area contributed by atoms with Crippen molar-refractivity contribution in [1.82, 2.24) is 9.80 Å². The monoisotopic (exact) mass is 254 g/mol. The first kappa shape index (κ1) is 15.5. The number of amides is 1. The number of hydrogen-bond acceptors (Lipinski definition) is 2. The van der Waals surface area contributed by atoms with Crippen LogP contribution in [-0.2, 0) is 4.79 Å². The quantitative estimate of drug-likeness (QED) is 0.770. The first-order chi connectivity index (χ1) is 8.33. The molecule has 1 atom stereocenters. The summed E-state index contributed by atoms with van der Waals surface area (Å²) in [5.41, 5.74) is 0.349. The van der Waals surface area contributed by atoms with E-state index in [1.165, 1.54) is 0 Å². The van der Waals surface area contributed by atoms with Crippen LogP contribution in [0.3, 0.4) is 0 Å². The number of carbonyl (C=O) groups is 1. The molecule has 0 aromatic rings.